The molecular formula is C39H48N4O6Si. The Balaban J connectivity index is 1.18. The Morgan fingerprint density at radius 3 is 2.48 bits per heavy atom. The number of nitrogens with zero attached hydrogens (tertiary/aromatic N) is 4. The molecule has 6 atom stereocenters. The first-order valence-corrected chi connectivity index (χ1v) is 20.6. The van der Waals surface area contributed by atoms with Crippen molar-refractivity contribution in [2.75, 3.05) is 18.6 Å². The Kier molecular flexibility index (Phi) is 10.9. The summed E-state index contributed by atoms with van der Waals surface area (Å²) in [6.45, 7) is 9.21. The van der Waals surface area contributed by atoms with Gasteiger partial charge in [0.05, 0.1) is 52.0 Å². The molecule has 0 aliphatic carbocycles. The zero-order chi connectivity index (χ0) is 35.4. The predicted octanol–water partition coefficient (Wildman–Crippen LogP) is 5.45. The molecule has 264 valence electrons. The molecule has 4 aromatic rings. The molecule has 10 nitrogen and oxygen atoms in total. The Morgan fingerprint density at radius 2 is 1.80 bits per heavy atom. The molecular weight excluding hydrogens is 649 g/mol. The number of amides is 1. The quantitative estimate of drug-likeness (QED) is 0.105. The van der Waals surface area contributed by atoms with Gasteiger partial charge in [-0.05, 0) is 66.1 Å². The largest absolute Gasteiger partial charge is 0.497 e. The van der Waals surface area contributed by atoms with E-state index in [-0.39, 0.29) is 37.1 Å². The summed E-state index contributed by atoms with van der Waals surface area (Å²) >= 11 is 0. The van der Waals surface area contributed by atoms with E-state index in [1.807, 2.05) is 59.4 Å². The topological polar surface area (TPSA) is 116 Å². The number of β-lactam (4-membered cyclic amide) rings is 1. The molecule has 11 heteroatoms. The Labute approximate surface area is 295 Å². The van der Waals surface area contributed by atoms with Crippen LogP contribution in [-0.4, -0.2) is 72.2 Å². The van der Waals surface area contributed by atoms with Gasteiger partial charge in [0.2, 0.25) is 5.91 Å². The van der Waals surface area contributed by atoms with Crippen LogP contribution in [0, 0.1) is 5.92 Å². The Hall–Kier alpha value is -4.32. The molecule has 1 amide bonds. The fraction of sp³-hybridized carbons (Fsp3) is 0.436. The van der Waals surface area contributed by atoms with Gasteiger partial charge in [0.25, 0.3) is 0 Å². The standard InChI is InChI=1S/C39H48N4O6Si/c1-26-35(19-14-28-10-9-13-30(22-28)43-37(46)23-38(43)48-27(2)45)49-36(39(26)50(4,5)32-17-15-31(47-3)16-18-32)20-21-42-24-34(40-41-42)33(25-44)29-11-7-6-8-12-29/h6-13,15-18,22,24,26,33,35-36,38-39,44H,14,19-21,23,25H2,1-5H3/t26-,33?,35+,36-,38?,39+/m1/s1. The minimum Gasteiger partial charge on any atom is -0.497 e. The van der Waals surface area contributed by atoms with Gasteiger partial charge in [-0.25, -0.2) is 0 Å². The van der Waals surface area contributed by atoms with E-state index >= 15 is 0 Å². The van der Waals surface area contributed by atoms with Crippen LogP contribution in [0.25, 0.3) is 0 Å². The van der Waals surface area contributed by atoms with Crippen LogP contribution >= 0.6 is 0 Å². The maximum absolute atomic E-state index is 12.4. The number of esters is 1. The van der Waals surface area contributed by atoms with Crippen molar-refractivity contribution in [3.63, 3.8) is 0 Å². The second-order valence-corrected chi connectivity index (χ2v) is 18.8. The van der Waals surface area contributed by atoms with Crippen LogP contribution in [0.4, 0.5) is 5.69 Å². The van der Waals surface area contributed by atoms with Crippen LogP contribution in [0.3, 0.4) is 0 Å². The molecule has 3 aromatic carbocycles. The monoisotopic (exact) mass is 696 g/mol. The highest BCUT2D eigenvalue weighted by molar-refractivity contribution is 6.91. The smallest absolute Gasteiger partial charge is 0.304 e. The summed E-state index contributed by atoms with van der Waals surface area (Å²) in [5, 5.41) is 20.4. The van der Waals surface area contributed by atoms with Crippen molar-refractivity contribution in [3.05, 3.63) is 102 Å². The maximum Gasteiger partial charge on any atom is 0.304 e. The lowest BCUT2D eigenvalue weighted by molar-refractivity contribution is -0.153. The summed E-state index contributed by atoms with van der Waals surface area (Å²) in [4.78, 5) is 25.5. The van der Waals surface area contributed by atoms with E-state index < -0.39 is 20.3 Å². The van der Waals surface area contributed by atoms with Crippen molar-refractivity contribution >= 4 is 30.8 Å². The molecule has 2 aliphatic heterocycles. The first-order chi connectivity index (χ1) is 24.1. The van der Waals surface area contributed by atoms with E-state index in [0.29, 0.717) is 18.0 Å². The molecule has 1 N–H and O–H groups in total. The van der Waals surface area contributed by atoms with E-state index in [1.165, 1.54) is 12.1 Å². The van der Waals surface area contributed by atoms with Gasteiger partial charge in [0.1, 0.15) is 5.75 Å². The number of rotatable bonds is 14. The summed E-state index contributed by atoms with van der Waals surface area (Å²) < 4.78 is 19.7. The molecule has 0 saturated carbocycles. The van der Waals surface area contributed by atoms with Crippen LogP contribution in [-0.2, 0) is 32.0 Å². The number of benzene rings is 3. The minimum absolute atomic E-state index is 0.0312. The van der Waals surface area contributed by atoms with Gasteiger partial charge in [-0.2, -0.15) is 0 Å². The van der Waals surface area contributed by atoms with Crippen LogP contribution in [0.1, 0.15) is 55.8 Å². The number of aliphatic hydroxyl groups is 1. The maximum atomic E-state index is 12.4. The number of aryl methyl sites for hydroxylation is 2. The van der Waals surface area contributed by atoms with E-state index in [9.17, 15) is 14.7 Å². The third-order valence-electron chi connectivity index (χ3n) is 10.6. The van der Waals surface area contributed by atoms with Gasteiger partial charge in [-0.1, -0.05) is 85.0 Å². The lowest BCUT2D eigenvalue weighted by atomic mass is 9.95. The molecule has 3 heterocycles. The van der Waals surface area contributed by atoms with Crippen molar-refractivity contribution in [1.82, 2.24) is 15.0 Å². The summed E-state index contributed by atoms with van der Waals surface area (Å²) in [6, 6.07) is 26.4. The molecule has 2 fully saturated rings. The van der Waals surface area contributed by atoms with E-state index in [4.69, 9.17) is 14.2 Å². The Morgan fingerprint density at radius 1 is 1.04 bits per heavy atom. The number of ether oxygens (including phenoxy) is 3. The highest BCUT2D eigenvalue weighted by atomic mass is 28.3. The molecule has 6 rings (SSSR count). The van der Waals surface area contributed by atoms with Gasteiger partial charge in [-0.3, -0.25) is 19.2 Å². The molecule has 2 unspecified atom stereocenters. The predicted molar refractivity (Wildman–Crippen MR) is 194 cm³/mol. The number of carbonyl (C=O) groups excluding carboxylic acids is 2. The number of anilines is 1. The molecule has 2 saturated heterocycles. The number of hydrogen-bond donors (Lipinski definition) is 1. The van der Waals surface area contributed by atoms with Gasteiger partial charge in [0.15, 0.2) is 6.23 Å². The summed E-state index contributed by atoms with van der Waals surface area (Å²) in [5.41, 5.74) is 3.97. The van der Waals surface area contributed by atoms with Gasteiger partial charge in [-0.15, -0.1) is 5.10 Å². The van der Waals surface area contributed by atoms with E-state index in [0.717, 1.165) is 47.5 Å². The molecule has 0 radical (unpaired) electrons. The fourth-order valence-corrected chi connectivity index (χ4v) is 12.1. The average molecular weight is 697 g/mol. The van der Waals surface area contributed by atoms with Crippen LogP contribution < -0.4 is 14.8 Å². The zero-order valence-corrected chi connectivity index (χ0v) is 30.6. The number of hydrogen-bond acceptors (Lipinski definition) is 8. The minimum atomic E-state index is -2.05. The van der Waals surface area contributed by atoms with Gasteiger partial charge >= 0.3 is 5.97 Å². The Bertz CT molecular complexity index is 1760. The van der Waals surface area contributed by atoms with E-state index in [1.54, 1.807) is 12.0 Å². The molecule has 2 aliphatic rings. The lowest BCUT2D eigenvalue weighted by Crippen LogP contribution is -2.54. The zero-order valence-electron chi connectivity index (χ0n) is 29.6. The summed E-state index contributed by atoms with van der Waals surface area (Å²) in [6.07, 6.45) is 4.13. The first kappa shape index (κ1) is 35.5. The lowest BCUT2D eigenvalue weighted by Gasteiger charge is -2.39. The van der Waals surface area contributed by atoms with Crippen molar-refractivity contribution in [2.45, 2.75) is 89.1 Å². The molecule has 0 spiro atoms. The van der Waals surface area contributed by atoms with Crippen LogP contribution in [0.15, 0.2) is 85.1 Å². The van der Waals surface area contributed by atoms with E-state index in [2.05, 4.69) is 60.7 Å². The van der Waals surface area contributed by atoms with Crippen molar-refractivity contribution in [2.24, 2.45) is 5.92 Å². The average Bonchev–Trinajstić information content (AvgIpc) is 3.70. The van der Waals surface area contributed by atoms with Crippen LogP contribution in [0.2, 0.25) is 18.6 Å². The number of aliphatic hydroxyl groups excluding tert-OH is 1. The number of methoxy groups -OCH3 is 1. The highest BCUT2D eigenvalue weighted by Gasteiger charge is 2.50. The third-order valence-corrected chi connectivity index (χ3v) is 15.0. The first-order valence-electron chi connectivity index (χ1n) is 17.5. The van der Waals surface area contributed by atoms with Crippen LogP contribution in [0.5, 0.6) is 5.75 Å². The third kappa shape index (κ3) is 7.55. The van der Waals surface area contributed by atoms with Crippen molar-refractivity contribution in [3.8, 4) is 5.75 Å². The fourth-order valence-electron chi connectivity index (χ4n) is 7.97. The summed E-state index contributed by atoms with van der Waals surface area (Å²) in [5.74, 6) is 0.497. The van der Waals surface area contributed by atoms with Crippen molar-refractivity contribution in [1.29, 1.82) is 0 Å². The second kappa shape index (κ2) is 15.3. The SMILES string of the molecule is COc1ccc([Si](C)(C)[C@H]2[C@H](C)[C@H](CCc3cccc(N4C(=O)CC4OC(C)=O)c3)O[C@@H]2CCn2cc(C(CO)c3ccccc3)nn2)cc1. The molecule has 50 heavy (non-hydrogen) atoms. The van der Waals surface area contributed by atoms with Gasteiger partial charge < -0.3 is 19.3 Å². The highest BCUT2D eigenvalue weighted by Crippen LogP contribution is 2.46. The second-order valence-electron chi connectivity index (χ2n) is 14.1. The molecule has 0 bridgehead atoms. The summed E-state index contributed by atoms with van der Waals surface area (Å²) in [7, 11) is -0.361. The normalized spacial score (nSPS) is 22.6. The molecule has 1 aromatic heterocycles. The number of carbonyl (C=O) groups is 2. The number of aromatic nitrogens is 3. The van der Waals surface area contributed by atoms with Crippen molar-refractivity contribution < 1.29 is 28.9 Å². The van der Waals surface area contributed by atoms with Gasteiger partial charge in [0, 0.05) is 25.4 Å².